The van der Waals surface area contributed by atoms with E-state index >= 15 is 9.18 Å². The van der Waals surface area contributed by atoms with Crippen LogP contribution in [0.25, 0.3) is 0 Å². The molecule has 17 nitrogen and oxygen atoms in total. The zero-order valence-electron chi connectivity index (χ0n) is 39.8. The molecule has 3 saturated heterocycles. The summed E-state index contributed by atoms with van der Waals surface area (Å²) in [6.07, 6.45) is -3.45. The Morgan fingerprint density at radius 3 is 2.39 bits per heavy atom. The van der Waals surface area contributed by atoms with Crippen LogP contribution >= 0.6 is 19.3 Å². The number of piperazine rings is 1. The zero-order chi connectivity index (χ0) is 52.0. The second-order valence-corrected chi connectivity index (χ2v) is 22.0. The molecule has 5 aliphatic rings. The highest BCUT2D eigenvalue weighted by molar-refractivity contribution is 7.53. The lowest BCUT2D eigenvalue weighted by molar-refractivity contribution is -0.141. The third-order valence-corrected chi connectivity index (χ3v) is 15.9. The summed E-state index contributed by atoms with van der Waals surface area (Å²) in [6, 6.07) is 11.7. The van der Waals surface area contributed by atoms with Gasteiger partial charge in [-0.3, -0.25) is 43.8 Å². The van der Waals surface area contributed by atoms with Crippen molar-refractivity contribution in [3.8, 4) is 5.75 Å². The van der Waals surface area contributed by atoms with E-state index in [2.05, 4.69) is 20.5 Å². The Bertz CT molecular complexity index is 2960. The van der Waals surface area contributed by atoms with Gasteiger partial charge in [-0.15, -0.1) is 0 Å². The number of pyridine rings is 1. The first-order valence-corrected chi connectivity index (χ1v) is 25.1. The number of likely N-dealkylation sites (tertiary alicyclic amines) is 1. The summed E-state index contributed by atoms with van der Waals surface area (Å²) in [5.74, 6) is -4.33. The van der Waals surface area contributed by atoms with E-state index in [1.165, 1.54) is 48.4 Å². The first kappa shape index (κ1) is 50.8. The van der Waals surface area contributed by atoms with Crippen molar-refractivity contribution in [2.24, 2.45) is 5.41 Å². The van der Waals surface area contributed by atoms with Crippen LogP contribution in [0.1, 0.15) is 89.1 Å². The molecule has 5 aliphatic heterocycles. The minimum absolute atomic E-state index is 0.0111. The van der Waals surface area contributed by atoms with Crippen LogP contribution < -0.4 is 24.9 Å². The Hall–Kier alpha value is -6.12. The first-order chi connectivity index (χ1) is 33.8. The standard InChI is InChI=1S/C49H52ClF4N8O9P/c1-47(2,3)22-38-48(25-62(72(68,69)70)35-21-37(49(52,53)54)55-23-31(35)48)40(30-7-6-8-32(50)41(30)51)42(58(38)4)44(65)56-33-12-9-26(20-36(33)71-5)45(66)60-17-15-59(16-18-60)28-10-11-29-27(19-28)24-61(46(29)67)34-13-14-39(63)57-43(34)64/h6-12,19-21,23,34,38,40,42H,13-18,22,24-25H2,1-5H3,(H,56,65)(H,57,63,64)(H2,68,69,70)/t34?,38-,40-,42+,48-/m0/s1. The predicted octanol–water partition coefficient (Wildman–Crippen LogP) is 6.32. The van der Waals surface area contributed by atoms with Crippen LogP contribution in [0.4, 0.5) is 34.6 Å². The van der Waals surface area contributed by atoms with E-state index in [-0.39, 0.29) is 76.7 Å². The monoisotopic (exact) mass is 1040 g/mol. The van der Waals surface area contributed by atoms with Gasteiger partial charge in [0.25, 0.3) is 11.8 Å². The second kappa shape index (κ2) is 18.4. The Morgan fingerprint density at radius 2 is 1.74 bits per heavy atom. The van der Waals surface area contributed by atoms with Crippen LogP contribution in [0.2, 0.25) is 5.02 Å². The number of carbonyl (C=O) groups is 5. The fourth-order valence-corrected chi connectivity index (χ4v) is 12.4. The van der Waals surface area contributed by atoms with Crippen molar-refractivity contribution in [1.82, 2.24) is 25.0 Å². The van der Waals surface area contributed by atoms with Crippen LogP contribution in [0.15, 0.2) is 66.9 Å². The normalized spacial score (nSPS) is 23.7. The van der Waals surface area contributed by atoms with Gasteiger partial charge in [0.1, 0.15) is 23.3 Å². The number of aromatic nitrogens is 1. The molecule has 5 amide bonds. The van der Waals surface area contributed by atoms with Crippen molar-refractivity contribution in [3.05, 3.63) is 111 Å². The van der Waals surface area contributed by atoms with Gasteiger partial charge in [0.05, 0.1) is 29.5 Å². The van der Waals surface area contributed by atoms with Crippen LogP contribution in [0, 0.1) is 11.2 Å². The molecule has 0 radical (unpaired) electrons. The van der Waals surface area contributed by atoms with Gasteiger partial charge in [0, 0.05) is 91.6 Å². The van der Waals surface area contributed by atoms with E-state index in [0.717, 1.165) is 17.4 Å². The smallest absolute Gasteiger partial charge is 0.433 e. The molecule has 1 aromatic heterocycles. The molecule has 9 rings (SSSR count). The molecular formula is C49H52ClF4N8O9P. The van der Waals surface area contributed by atoms with Crippen molar-refractivity contribution in [1.29, 1.82) is 0 Å². The maximum absolute atomic E-state index is 16.6. The number of carbonyl (C=O) groups excluding carboxylic acids is 5. The van der Waals surface area contributed by atoms with E-state index in [9.17, 15) is 46.7 Å². The van der Waals surface area contributed by atoms with Gasteiger partial charge in [-0.05, 0) is 85.0 Å². The Morgan fingerprint density at radius 1 is 1.01 bits per heavy atom. The third-order valence-electron chi connectivity index (χ3n) is 14.6. The average molecular weight is 1040 g/mol. The van der Waals surface area contributed by atoms with Crippen molar-refractivity contribution in [3.63, 3.8) is 0 Å². The summed E-state index contributed by atoms with van der Waals surface area (Å²) in [5, 5.41) is 4.88. The summed E-state index contributed by atoms with van der Waals surface area (Å²) >= 11 is 6.38. The van der Waals surface area contributed by atoms with Crippen molar-refractivity contribution >= 4 is 65.9 Å². The molecular weight excluding hydrogens is 987 g/mol. The fraction of sp³-hybridized carbons (Fsp3) is 0.429. The summed E-state index contributed by atoms with van der Waals surface area (Å²) in [6.45, 7) is 6.87. The highest BCUT2D eigenvalue weighted by Gasteiger charge is 2.67. The highest BCUT2D eigenvalue weighted by Crippen LogP contribution is 2.64. The summed E-state index contributed by atoms with van der Waals surface area (Å²) < 4.78 is 78.7. The molecule has 0 saturated carbocycles. The van der Waals surface area contributed by atoms with Gasteiger partial charge in [-0.2, -0.15) is 13.2 Å². The molecule has 72 heavy (non-hydrogen) atoms. The molecule has 5 atom stereocenters. The number of nitrogens with one attached hydrogen (secondary N) is 2. The molecule has 23 heteroatoms. The van der Waals surface area contributed by atoms with Gasteiger partial charge < -0.3 is 34.5 Å². The number of hydrogen-bond donors (Lipinski definition) is 4. The highest BCUT2D eigenvalue weighted by atomic mass is 35.5. The molecule has 4 N–H and O–H groups in total. The maximum atomic E-state index is 16.6. The Labute approximate surface area is 416 Å². The van der Waals surface area contributed by atoms with Gasteiger partial charge >= 0.3 is 13.9 Å². The molecule has 3 aromatic carbocycles. The quantitative estimate of drug-likeness (QED) is 0.0825. The summed E-state index contributed by atoms with van der Waals surface area (Å²) in [7, 11) is -2.43. The number of ether oxygens (including phenoxy) is 1. The number of hydrogen-bond acceptors (Lipinski definition) is 10. The number of likely N-dealkylation sites (N-methyl/N-ethyl adjacent to an activating group) is 1. The van der Waals surface area contributed by atoms with Crippen molar-refractivity contribution in [2.75, 3.05) is 61.8 Å². The SMILES string of the molecule is COc1cc(C(=O)N2CCN(c3ccc4c(c3)CN(C3CCC(=O)NC3=O)C4=O)CC2)ccc1NC(=O)[C@H]1[C@H](c2cccc(Cl)c2F)[C@]2(CN(P(=O)(O)O)c3cc(C(F)(F)F)ncc32)[C@H](CC(C)(C)C)N1C. The number of nitrogens with zero attached hydrogens (tertiary/aromatic N) is 6. The summed E-state index contributed by atoms with van der Waals surface area (Å²) in [5.41, 5.74) is -1.75. The van der Waals surface area contributed by atoms with Crippen LogP contribution in [-0.4, -0.2) is 124 Å². The Kier molecular flexibility index (Phi) is 13.0. The summed E-state index contributed by atoms with van der Waals surface area (Å²) in [4.78, 5) is 98.7. The van der Waals surface area contributed by atoms with Gasteiger partial charge in [0.2, 0.25) is 17.7 Å². The van der Waals surface area contributed by atoms with Crippen LogP contribution in [0.3, 0.4) is 0 Å². The minimum Gasteiger partial charge on any atom is -0.495 e. The lowest BCUT2D eigenvalue weighted by Gasteiger charge is -2.41. The van der Waals surface area contributed by atoms with Crippen molar-refractivity contribution in [2.45, 2.75) is 82.2 Å². The first-order valence-electron chi connectivity index (χ1n) is 23.2. The topological polar surface area (TPSA) is 205 Å². The molecule has 6 heterocycles. The van der Waals surface area contributed by atoms with Crippen molar-refractivity contribution < 1.29 is 60.6 Å². The van der Waals surface area contributed by atoms with E-state index in [4.69, 9.17) is 16.3 Å². The number of fused-ring (bicyclic) bond motifs is 3. The largest absolute Gasteiger partial charge is 0.495 e. The van der Waals surface area contributed by atoms with E-state index in [1.54, 1.807) is 22.9 Å². The third kappa shape index (κ3) is 8.96. The predicted molar refractivity (Wildman–Crippen MR) is 256 cm³/mol. The minimum atomic E-state index is -5.38. The average Bonchev–Trinajstić information content (AvgIpc) is 3.92. The Balaban J connectivity index is 0.976. The number of rotatable bonds is 9. The van der Waals surface area contributed by atoms with E-state index < -0.39 is 84.4 Å². The second-order valence-electron chi connectivity index (χ2n) is 20.1. The number of alkyl halides is 3. The van der Waals surface area contributed by atoms with Crippen LogP contribution in [-0.2, 0) is 37.1 Å². The number of anilines is 3. The molecule has 4 aromatic rings. The molecule has 3 fully saturated rings. The number of piperidine rings is 1. The molecule has 1 spiro atoms. The van der Waals surface area contributed by atoms with Gasteiger partial charge in [-0.25, -0.2) is 8.96 Å². The number of amides is 5. The number of benzene rings is 3. The van der Waals surface area contributed by atoms with E-state index in [0.29, 0.717) is 42.5 Å². The number of methoxy groups -OCH3 is 1. The number of halogens is 5. The molecule has 0 aliphatic carbocycles. The molecule has 1 unspecified atom stereocenters. The van der Waals surface area contributed by atoms with Crippen LogP contribution in [0.5, 0.6) is 5.75 Å². The molecule has 382 valence electrons. The lowest BCUT2D eigenvalue weighted by atomic mass is 9.63. The van der Waals surface area contributed by atoms with Gasteiger partial charge in [-0.1, -0.05) is 44.5 Å². The lowest BCUT2D eigenvalue weighted by Crippen LogP contribution is -2.52. The molecule has 0 bridgehead atoms. The van der Waals surface area contributed by atoms with E-state index in [1.807, 2.05) is 32.9 Å². The maximum Gasteiger partial charge on any atom is 0.433 e. The van der Waals surface area contributed by atoms with Gasteiger partial charge in [0.15, 0.2) is 0 Å². The zero-order valence-corrected chi connectivity index (χ0v) is 41.4. The number of imide groups is 1. The fourth-order valence-electron chi connectivity index (χ4n) is 11.3.